The molecular formula is C14H17N3O. The van der Waals surface area contributed by atoms with Crippen LogP contribution in [-0.2, 0) is 4.79 Å². The monoisotopic (exact) mass is 243 g/mol. The topological polar surface area (TPSA) is 64.9 Å². The Morgan fingerprint density at radius 2 is 2.33 bits per heavy atom. The smallest absolute Gasteiger partial charge is 0.244 e. The Kier molecular flexibility index (Phi) is 3.35. The number of amides is 1. The molecule has 1 aromatic carbocycles. The minimum atomic E-state index is -0.491. The van der Waals surface area contributed by atoms with Gasteiger partial charge < -0.3 is 10.6 Å². The summed E-state index contributed by atoms with van der Waals surface area (Å²) in [5.41, 5.74) is 1.74. The number of nitriles is 1. The second-order valence-electron chi connectivity index (χ2n) is 4.96. The molecule has 0 radical (unpaired) electrons. The maximum Gasteiger partial charge on any atom is 0.244 e. The number of rotatable bonds is 2. The van der Waals surface area contributed by atoms with E-state index < -0.39 is 5.54 Å². The van der Waals surface area contributed by atoms with Gasteiger partial charge in [-0.3, -0.25) is 4.79 Å². The molecule has 0 spiro atoms. The molecule has 1 heterocycles. The van der Waals surface area contributed by atoms with Gasteiger partial charge in [-0.15, -0.1) is 0 Å². The van der Waals surface area contributed by atoms with Crippen molar-refractivity contribution in [2.45, 2.75) is 32.2 Å². The minimum absolute atomic E-state index is 0.0295. The highest BCUT2D eigenvalue weighted by molar-refractivity contribution is 5.98. The van der Waals surface area contributed by atoms with Crippen LogP contribution in [-0.4, -0.2) is 18.0 Å². The summed E-state index contributed by atoms with van der Waals surface area (Å²) in [7, 11) is 0. The highest BCUT2D eigenvalue weighted by Crippen LogP contribution is 2.23. The zero-order valence-corrected chi connectivity index (χ0v) is 10.7. The Balaban J connectivity index is 2.19. The van der Waals surface area contributed by atoms with Crippen molar-refractivity contribution in [3.05, 3.63) is 29.3 Å². The predicted octanol–water partition coefficient (Wildman–Crippen LogP) is 1.95. The van der Waals surface area contributed by atoms with E-state index in [4.69, 9.17) is 5.26 Å². The lowest BCUT2D eigenvalue weighted by atomic mass is 9.99. The standard InChI is InChI=1S/C14H17N3O/c1-10-4-5-11(9-15)8-12(10)17-13(18)14(2)6-3-7-16-14/h4-5,8,16H,3,6-7H2,1-2H3,(H,17,18). The fraction of sp³-hybridized carbons (Fsp3) is 0.429. The van der Waals surface area contributed by atoms with Crippen molar-refractivity contribution in [1.29, 1.82) is 5.26 Å². The van der Waals surface area contributed by atoms with Gasteiger partial charge in [0.05, 0.1) is 17.2 Å². The van der Waals surface area contributed by atoms with Crippen LogP contribution in [0.15, 0.2) is 18.2 Å². The lowest BCUT2D eigenvalue weighted by Crippen LogP contribution is -2.48. The second kappa shape index (κ2) is 4.79. The largest absolute Gasteiger partial charge is 0.324 e. The number of hydrogen-bond acceptors (Lipinski definition) is 3. The molecule has 4 nitrogen and oxygen atoms in total. The quantitative estimate of drug-likeness (QED) is 0.834. The molecule has 2 N–H and O–H groups in total. The molecule has 1 unspecified atom stereocenters. The van der Waals surface area contributed by atoms with Crippen molar-refractivity contribution < 1.29 is 4.79 Å². The SMILES string of the molecule is Cc1ccc(C#N)cc1NC(=O)C1(C)CCCN1. The third-order valence-corrected chi connectivity index (χ3v) is 3.48. The molecular weight excluding hydrogens is 226 g/mol. The second-order valence-corrected chi connectivity index (χ2v) is 4.96. The molecule has 0 aromatic heterocycles. The van der Waals surface area contributed by atoms with Gasteiger partial charge in [0.15, 0.2) is 0 Å². The van der Waals surface area contributed by atoms with Crippen LogP contribution in [0.3, 0.4) is 0 Å². The van der Waals surface area contributed by atoms with E-state index in [1.807, 2.05) is 19.9 Å². The molecule has 18 heavy (non-hydrogen) atoms. The highest BCUT2D eigenvalue weighted by Gasteiger charge is 2.35. The number of carbonyl (C=O) groups excluding carboxylic acids is 1. The summed E-state index contributed by atoms with van der Waals surface area (Å²) in [4.78, 5) is 12.2. The van der Waals surface area contributed by atoms with Crippen molar-refractivity contribution in [2.75, 3.05) is 11.9 Å². The van der Waals surface area contributed by atoms with E-state index in [1.54, 1.807) is 12.1 Å². The molecule has 0 aliphatic carbocycles. The maximum absolute atomic E-state index is 12.2. The van der Waals surface area contributed by atoms with Gasteiger partial charge in [0.2, 0.25) is 5.91 Å². The van der Waals surface area contributed by atoms with Gasteiger partial charge in [-0.1, -0.05) is 6.07 Å². The number of aryl methyl sites for hydroxylation is 1. The summed E-state index contributed by atoms with van der Waals surface area (Å²) >= 11 is 0. The normalized spacial score (nSPS) is 22.5. The van der Waals surface area contributed by atoms with Gasteiger partial charge in [0, 0.05) is 5.69 Å². The maximum atomic E-state index is 12.2. The summed E-state index contributed by atoms with van der Waals surface area (Å²) in [5.74, 6) is -0.0295. The number of nitrogens with zero attached hydrogens (tertiary/aromatic N) is 1. The third kappa shape index (κ3) is 2.36. The van der Waals surface area contributed by atoms with Crippen LogP contribution >= 0.6 is 0 Å². The molecule has 1 amide bonds. The number of carbonyl (C=O) groups is 1. The minimum Gasteiger partial charge on any atom is -0.324 e. The Morgan fingerprint density at radius 3 is 2.94 bits per heavy atom. The predicted molar refractivity (Wildman–Crippen MR) is 70.2 cm³/mol. The Morgan fingerprint density at radius 1 is 1.56 bits per heavy atom. The van der Waals surface area contributed by atoms with E-state index in [9.17, 15) is 4.79 Å². The Labute approximate surface area is 107 Å². The molecule has 1 aliphatic heterocycles. The Bertz CT molecular complexity index is 510. The number of anilines is 1. The van der Waals surface area contributed by atoms with Crippen molar-refractivity contribution in [3.63, 3.8) is 0 Å². The fourth-order valence-electron chi connectivity index (χ4n) is 2.17. The molecule has 1 fully saturated rings. The molecule has 1 atom stereocenters. The zero-order chi connectivity index (χ0) is 13.2. The first-order valence-corrected chi connectivity index (χ1v) is 6.12. The van der Waals surface area contributed by atoms with Crippen LogP contribution in [0.25, 0.3) is 0 Å². The summed E-state index contributed by atoms with van der Waals surface area (Å²) in [5, 5.41) is 15.0. The molecule has 1 aliphatic rings. The zero-order valence-electron chi connectivity index (χ0n) is 10.7. The first kappa shape index (κ1) is 12.6. The van der Waals surface area contributed by atoms with Gasteiger partial charge in [-0.2, -0.15) is 5.26 Å². The number of benzene rings is 1. The average Bonchev–Trinajstić information content (AvgIpc) is 2.80. The lowest BCUT2D eigenvalue weighted by Gasteiger charge is -2.23. The average molecular weight is 243 g/mol. The molecule has 1 aromatic rings. The first-order chi connectivity index (χ1) is 8.55. The summed E-state index contributed by atoms with van der Waals surface area (Å²) in [6.07, 6.45) is 1.86. The van der Waals surface area contributed by atoms with Crippen LogP contribution < -0.4 is 10.6 Å². The van der Waals surface area contributed by atoms with E-state index >= 15 is 0 Å². The van der Waals surface area contributed by atoms with Crippen LogP contribution in [0.4, 0.5) is 5.69 Å². The van der Waals surface area contributed by atoms with Crippen LogP contribution in [0.2, 0.25) is 0 Å². The van der Waals surface area contributed by atoms with E-state index in [2.05, 4.69) is 16.7 Å². The molecule has 0 bridgehead atoms. The van der Waals surface area contributed by atoms with Gasteiger partial charge in [0.25, 0.3) is 0 Å². The highest BCUT2D eigenvalue weighted by atomic mass is 16.2. The van der Waals surface area contributed by atoms with E-state index in [-0.39, 0.29) is 5.91 Å². The van der Waals surface area contributed by atoms with E-state index in [0.717, 1.165) is 24.9 Å². The van der Waals surface area contributed by atoms with Gasteiger partial charge in [-0.25, -0.2) is 0 Å². The summed E-state index contributed by atoms with van der Waals surface area (Å²) < 4.78 is 0. The molecule has 0 saturated carbocycles. The lowest BCUT2D eigenvalue weighted by molar-refractivity contribution is -0.121. The van der Waals surface area contributed by atoms with Crippen LogP contribution in [0, 0.1) is 18.3 Å². The van der Waals surface area contributed by atoms with Crippen molar-refractivity contribution >= 4 is 11.6 Å². The molecule has 94 valence electrons. The van der Waals surface area contributed by atoms with E-state index in [0.29, 0.717) is 11.3 Å². The Hall–Kier alpha value is -1.86. The van der Waals surface area contributed by atoms with Crippen LogP contribution in [0.1, 0.15) is 30.9 Å². The summed E-state index contributed by atoms with van der Waals surface area (Å²) in [6, 6.07) is 7.39. The molecule has 2 rings (SSSR count). The van der Waals surface area contributed by atoms with Gasteiger partial charge in [0.1, 0.15) is 0 Å². The van der Waals surface area contributed by atoms with E-state index in [1.165, 1.54) is 0 Å². The third-order valence-electron chi connectivity index (χ3n) is 3.48. The molecule has 4 heteroatoms. The van der Waals surface area contributed by atoms with Crippen molar-refractivity contribution in [1.82, 2.24) is 5.32 Å². The number of hydrogen-bond donors (Lipinski definition) is 2. The van der Waals surface area contributed by atoms with Crippen LogP contribution in [0.5, 0.6) is 0 Å². The fourth-order valence-corrected chi connectivity index (χ4v) is 2.17. The molecule has 1 saturated heterocycles. The van der Waals surface area contributed by atoms with Gasteiger partial charge in [-0.05, 0) is 50.9 Å². The van der Waals surface area contributed by atoms with Gasteiger partial charge >= 0.3 is 0 Å². The summed E-state index contributed by atoms with van der Waals surface area (Å²) in [6.45, 7) is 4.71. The first-order valence-electron chi connectivity index (χ1n) is 6.12. The van der Waals surface area contributed by atoms with Crippen molar-refractivity contribution in [3.8, 4) is 6.07 Å². The number of nitrogens with one attached hydrogen (secondary N) is 2. The van der Waals surface area contributed by atoms with Crippen molar-refractivity contribution in [2.24, 2.45) is 0 Å².